The molecule has 0 atom stereocenters. The number of nitrogens with one attached hydrogen (secondary N) is 1. The van der Waals surface area contributed by atoms with Gasteiger partial charge in [-0.15, -0.1) is 0 Å². The minimum Gasteiger partial charge on any atom is -0.350 e. The van der Waals surface area contributed by atoms with Crippen molar-refractivity contribution < 1.29 is 4.79 Å². The molecule has 0 amide bonds. The van der Waals surface area contributed by atoms with Crippen molar-refractivity contribution in [2.75, 3.05) is 25.4 Å². The lowest BCUT2D eigenvalue weighted by atomic mass is 10.1. The lowest BCUT2D eigenvalue weighted by molar-refractivity contribution is -0.113. The molecule has 0 saturated carbocycles. The average Bonchev–Trinajstić information content (AvgIpc) is 2.63. The maximum absolute atomic E-state index is 11.3. The van der Waals surface area contributed by atoms with E-state index in [1.165, 1.54) is 37.9 Å². The Labute approximate surface area is 154 Å². The molecule has 0 aromatic carbocycles. The summed E-state index contributed by atoms with van der Waals surface area (Å²) in [4.78, 5) is 22.8. The number of carbonyl (C=O) groups excluding carboxylic acids is 1. The largest absolute Gasteiger partial charge is 0.350 e. The number of aliphatic imine (C=N–C) groups is 1. The molecule has 3 heterocycles. The highest BCUT2D eigenvalue weighted by Crippen LogP contribution is 2.15. The number of rotatable bonds is 7. The molecule has 2 aliphatic heterocycles. The third-order valence-corrected chi connectivity index (χ3v) is 5.36. The summed E-state index contributed by atoms with van der Waals surface area (Å²) in [5.41, 5.74) is 2.51. The zero-order valence-corrected chi connectivity index (χ0v) is 15.4. The van der Waals surface area contributed by atoms with Gasteiger partial charge in [0.2, 0.25) is 0 Å². The van der Waals surface area contributed by atoms with E-state index in [1.807, 2.05) is 18.0 Å². The third-order valence-electron chi connectivity index (χ3n) is 4.38. The number of nitrogens with zero attached hydrogens (tertiary/aromatic N) is 3. The number of aromatic nitrogens is 1. The first kappa shape index (κ1) is 18.1. The van der Waals surface area contributed by atoms with Gasteiger partial charge in [0.1, 0.15) is 5.84 Å². The van der Waals surface area contributed by atoms with Crippen LogP contribution in [0.25, 0.3) is 0 Å². The molecule has 0 unspecified atom stereocenters. The number of likely N-dealkylation sites (tertiary alicyclic amines) is 1. The Hall–Kier alpha value is -1.66. The van der Waals surface area contributed by atoms with E-state index >= 15 is 0 Å². The summed E-state index contributed by atoms with van der Waals surface area (Å²) in [6.07, 6.45) is 9.56. The van der Waals surface area contributed by atoms with Crippen molar-refractivity contribution in [2.24, 2.45) is 4.99 Å². The number of hydrogen-bond donors (Lipinski definition) is 1. The van der Waals surface area contributed by atoms with Crippen LogP contribution in [0.2, 0.25) is 0 Å². The van der Waals surface area contributed by atoms with Crippen LogP contribution in [-0.4, -0.2) is 46.9 Å². The second-order valence-corrected chi connectivity index (χ2v) is 7.60. The second-order valence-electron chi connectivity index (χ2n) is 6.49. The topological polar surface area (TPSA) is 57.6 Å². The minimum absolute atomic E-state index is 0.111. The van der Waals surface area contributed by atoms with Gasteiger partial charge < -0.3 is 5.32 Å². The van der Waals surface area contributed by atoms with Crippen LogP contribution < -0.4 is 5.32 Å². The Kier molecular flexibility index (Phi) is 7.06. The smallest absolute Gasteiger partial charge is 0.164 e. The lowest BCUT2D eigenvalue weighted by Gasteiger charge is -2.26. The van der Waals surface area contributed by atoms with E-state index in [0.29, 0.717) is 6.42 Å². The maximum atomic E-state index is 11.3. The van der Waals surface area contributed by atoms with Crippen molar-refractivity contribution in [2.45, 2.75) is 38.0 Å². The van der Waals surface area contributed by atoms with Gasteiger partial charge in [0.25, 0.3) is 0 Å². The Morgan fingerprint density at radius 1 is 1.28 bits per heavy atom. The molecule has 1 aromatic heterocycles. The second kappa shape index (κ2) is 9.73. The van der Waals surface area contributed by atoms with Crippen LogP contribution in [0.5, 0.6) is 0 Å². The van der Waals surface area contributed by atoms with E-state index in [4.69, 9.17) is 0 Å². The molecular formula is C19H26N4OS. The first-order valence-electron chi connectivity index (χ1n) is 9.03. The van der Waals surface area contributed by atoms with Crippen molar-refractivity contribution >= 4 is 23.4 Å². The molecule has 134 valence electrons. The number of hydrogen-bond acceptors (Lipinski definition) is 5. The van der Waals surface area contributed by atoms with Crippen molar-refractivity contribution in [3.8, 4) is 0 Å². The molecule has 0 radical (unpaired) electrons. The van der Waals surface area contributed by atoms with Gasteiger partial charge in [-0.1, -0.05) is 6.42 Å². The molecule has 0 aliphatic carbocycles. The number of ketones is 1. The number of carbonyl (C=O) groups is 1. The van der Waals surface area contributed by atoms with Crippen LogP contribution in [0.15, 0.2) is 35.6 Å². The number of pyridine rings is 1. The van der Waals surface area contributed by atoms with E-state index in [0.717, 1.165) is 36.1 Å². The summed E-state index contributed by atoms with van der Waals surface area (Å²) in [7, 11) is 0. The molecule has 25 heavy (non-hydrogen) atoms. The summed E-state index contributed by atoms with van der Waals surface area (Å²) in [6, 6.07) is 4.37. The van der Waals surface area contributed by atoms with E-state index in [2.05, 4.69) is 32.3 Å². The van der Waals surface area contributed by atoms with Crippen molar-refractivity contribution in [1.82, 2.24) is 15.2 Å². The van der Waals surface area contributed by atoms with Crippen LogP contribution in [0.3, 0.4) is 0 Å². The first-order chi connectivity index (χ1) is 12.3. The predicted molar refractivity (Wildman–Crippen MR) is 104 cm³/mol. The van der Waals surface area contributed by atoms with Crippen molar-refractivity contribution in [3.05, 3.63) is 41.9 Å². The summed E-state index contributed by atoms with van der Waals surface area (Å²) in [5, 5.41) is 3.03. The fourth-order valence-electron chi connectivity index (χ4n) is 3.11. The zero-order valence-electron chi connectivity index (χ0n) is 14.6. The Morgan fingerprint density at radius 3 is 3.00 bits per heavy atom. The van der Waals surface area contributed by atoms with Crippen LogP contribution >= 0.6 is 11.8 Å². The number of allylic oxidation sites excluding steroid dienone is 1. The summed E-state index contributed by atoms with van der Waals surface area (Å²) in [6.45, 7) is 4.21. The average molecular weight is 359 g/mol. The highest BCUT2D eigenvalue weighted by atomic mass is 32.2. The van der Waals surface area contributed by atoms with Crippen molar-refractivity contribution in [3.63, 3.8) is 0 Å². The summed E-state index contributed by atoms with van der Waals surface area (Å²) in [5.74, 6) is 2.72. The van der Waals surface area contributed by atoms with Gasteiger partial charge in [-0.2, -0.15) is 11.8 Å². The zero-order chi connectivity index (χ0) is 17.3. The fraction of sp³-hybridized carbons (Fsp3) is 0.526. The predicted octanol–water partition coefficient (Wildman–Crippen LogP) is 2.78. The van der Waals surface area contributed by atoms with Crippen molar-refractivity contribution in [1.29, 1.82) is 0 Å². The summed E-state index contributed by atoms with van der Waals surface area (Å²) < 4.78 is 0. The molecule has 6 heteroatoms. The van der Waals surface area contributed by atoms with Gasteiger partial charge in [-0.3, -0.25) is 19.7 Å². The van der Waals surface area contributed by atoms with Gasteiger partial charge in [-0.25, -0.2) is 0 Å². The molecule has 3 rings (SSSR count). The van der Waals surface area contributed by atoms with E-state index < -0.39 is 0 Å². The Balaban J connectivity index is 1.39. The van der Waals surface area contributed by atoms with Gasteiger partial charge in [0.15, 0.2) is 5.78 Å². The molecule has 0 spiro atoms. The SMILES string of the molecule is O=C1C=CNC(=NCCSCc2cc(CN3CCCCC3)ccn2)C1. The molecular weight excluding hydrogens is 332 g/mol. The van der Waals surface area contributed by atoms with E-state index in [9.17, 15) is 4.79 Å². The Morgan fingerprint density at radius 2 is 2.16 bits per heavy atom. The number of piperidine rings is 1. The van der Waals surface area contributed by atoms with E-state index in [-0.39, 0.29) is 5.78 Å². The highest BCUT2D eigenvalue weighted by Gasteiger charge is 2.11. The normalized spacial score (nSPS) is 20.0. The molecule has 1 saturated heterocycles. The molecule has 1 aromatic rings. The van der Waals surface area contributed by atoms with Crippen LogP contribution in [0.4, 0.5) is 0 Å². The minimum atomic E-state index is 0.111. The van der Waals surface area contributed by atoms with Crippen LogP contribution in [0.1, 0.15) is 36.9 Å². The molecule has 2 aliphatic rings. The van der Waals surface area contributed by atoms with Gasteiger partial charge in [0.05, 0.1) is 18.7 Å². The fourth-order valence-corrected chi connectivity index (χ4v) is 3.84. The molecule has 0 bridgehead atoms. The number of thioether (sulfide) groups is 1. The monoisotopic (exact) mass is 358 g/mol. The first-order valence-corrected chi connectivity index (χ1v) is 10.2. The van der Waals surface area contributed by atoms with E-state index in [1.54, 1.807) is 12.3 Å². The van der Waals surface area contributed by atoms with Crippen LogP contribution in [-0.2, 0) is 17.1 Å². The lowest BCUT2D eigenvalue weighted by Crippen LogP contribution is -2.29. The third kappa shape index (κ3) is 6.29. The standard InChI is InChI=1S/C19H26N4OS/c24-18-5-7-21-19(13-18)22-8-11-25-15-17-12-16(4-6-20-17)14-23-9-2-1-3-10-23/h4-7,12H,1-3,8-11,13-15H2,(H,21,22). The van der Waals surface area contributed by atoms with Gasteiger partial charge in [0, 0.05) is 30.4 Å². The quantitative estimate of drug-likeness (QED) is 0.760. The van der Waals surface area contributed by atoms with Gasteiger partial charge in [-0.05, 0) is 49.7 Å². The van der Waals surface area contributed by atoms with Crippen LogP contribution in [0, 0.1) is 0 Å². The summed E-state index contributed by atoms with van der Waals surface area (Å²) >= 11 is 1.84. The molecule has 1 N–H and O–H groups in total. The highest BCUT2D eigenvalue weighted by molar-refractivity contribution is 7.98. The maximum Gasteiger partial charge on any atom is 0.164 e. The number of amidine groups is 1. The Bertz CT molecular complexity index is 638. The molecule has 5 nitrogen and oxygen atoms in total. The van der Waals surface area contributed by atoms with Gasteiger partial charge >= 0.3 is 0 Å². The molecule has 1 fully saturated rings.